The van der Waals surface area contributed by atoms with Crippen molar-refractivity contribution in [2.75, 3.05) is 26.3 Å². The zero-order valence-electron chi connectivity index (χ0n) is 7.98. The van der Waals surface area contributed by atoms with Crippen LogP contribution in [-0.2, 0) is 9.31 Å². The molecule has 1 aromatic rings. The number of nitrogens with one attached hydrogen (secondary N) is 1. The molecule has 2 rings (SSSR count). The summed E-state index contributed by atoms with van der Waals surface area (Å²) < 4.78 is 11.1. The average molecular weight is 192 g/mol. The maximum Gasteiger partial charge on any atom is 0.495 e. The summed E-state index contributed by atoms with van der Waals surface area (Å²) in [4.78, 5) is 4.04. The van der Waals surface area contributed by atoms with Crippen LogP contribution in [0, 0.1) is 0 Å². The minimum absolute atomic E-state index is 0.259. The normalized spacial score (nSPS) is 18.7. The van der Waals surface area contributed by atoms with E-state index in [1.54, 1.807) is 12.4 Å². The van der Waals surface area contributed by atoms with Crippen LogP contribution in [-0.4, -0.2) is 38.4 Å². The van der Waals surface area contributed by atoms with Crippen LogP contribution >= 0.6 is 0 Å². The van der Waals surface area contributed by atoms with Crippen LogP contribution in [0.2, 0.25) is 0 Å². The highest BCUT2D eigenvalue weighted by atomic mass is 16.6. The van der Waals surface area contributed by atoms with E-state index in [1.807, 2.05) is 12.1 Å². The maximum atomic E-state index is 5.54. The third-order valence-electron chi connectivity index (χ3n) is 2.05. The van der Waals surface area contributed by atoms with Gasteiger partial charge in [-0.2, -0.15) is 0 Å². The second kappa shape index (κ2) is 5.09. The number of hydrogen-bond donors (Lipinski definition) is 1. The van der Waals surface area contributed by atoms with E-state index in [4.69, 9.17) is 9.31 Å². The van der Waals surface area contributed by atoms with Crippen LogP contribution in [0.25, 0.3) is 0 Å². The summed E-state index contributed by atoms with van der Waals surface area (Å²) in [6.45, 7) is 3.08. The SMILES string of the molecule is c1cncc(B2OCCNCCO2)c1. The van der Waals surface area contributed by atoms with Crippen LogP contribution in [0.15, 0.2) is 24.5 Å². The van der Waals surface area contributed by atoms with Crippen molar-refractivity contribution in [1.29, 1.82) is 0 Å². The van der Waals surface area contributed by atoms with Gasteiger partial charge in [0.25, 0.3) is 0 Å². The molecule has 2 heterocycles. The number of nitrogens with zero attached hydrogens (tertiary/aromatic N) is 1. The minimum Gasteiger partial charge on any atom is -0.406 e. The van der Waals surface area contributed by atoms with Crippen LogP contribution < -0.4 is 10.8 Å². The molecule has 0 amide bonds. The van der Waals surface area contributed by atoms with E-state index in [0.29, 0.717) is 13.2 Å². The van der Waals surface area contributed by atoms with Gasteiger partial charge in [0.2, 0.25) is 0 Å². The molecule has 4 nitrogen and oxygen atoms in total. The van der Waals surface area contributed by atoms with Crippen molar-refractivity contribution in [2.24, 2.45) is 0 Å². The van der Waals surface area contributed by atoms with E-state index in [0.717, 1.165) is 18.6 Å². The fourth-order valence-corrected chi connectivity index (χ4v) is 1.36. The topological polar surface area (TPSA) is 43.4 Å². The predicted octanol–water partition coefficient (Wildman–Crippen LogP) is -0.587. The number of pyridine rings is 1. The molecule has 0 atom stereocenters. The molecular formula is C9H13BN2O2. The Morgan fingerprint density at radius 1 is 1.29 bits per heavy atom. The van der Waals surface area contributed by atoms with E-state index in [-0.39, 0.29) is 7.12 Å². The molecule has 0 spiro atoms. The van der Waals surface area contributed by atoms with Crippen molar-refractivity contribution < 1.29 is 9.31 Å². The molecule has 0 unspecified atom stereocenters. The van der Waals surface area contributed by atoms with Crippen molar-refractivity contribution in [3.63, 3.8) is 0 Å². The zero-order chi connectivity index (χ0) is 9.64. The van der Waals surface area contributed by atoms with Crippen LogP contribution in [0.1, 0.15) is 0 Å². The maximum absolute atomic E-state index is 5.54. The Hall–Kier alpha value is -0.905. The fourth-order valence-electron chi connectivity index (χ4n) is 1.36. The summed E-state index contributed by atoms with van der Waals surface area (Å²) in [5, 5.41) is 3.19. The molecule has 1 fully saturated rings. The van der Waals surface area contributed by atoms with Crippen LogP contribution in [0.5, 0.6) is 0 Å². The average Bonchev–Trinajstić information content (AvgIpc) is 2.18. The highest BCUT2D eigenvalue weighted by Crippen LogP contribution is 1.93. The molecule has 0 saturated carbocycles. The quantitative estimate of drug-likeness (QED) is 0.604. The largest absolute Gasteiger partial charge is 0.495 e. The molecule has 1 aliphatic rings. The minimum atomic E-state index is -0.259. The highest BCUT2D eigenvalue weighted by molar-refractivity contribution is 6.61. The summed E-state index contributed by atoms with van der Waals surface area (Å²) in [6.07, 6.45) is 3.52. The lowest BCUT2D eigenvalue weighted by Crippen LogP contribution is -2.43. The van der Waals surface area contributed by atoms with Gasteiger partial charge in [-0.3, -0.25) is 4.98 Å². The standard InChI is InChI=1S/C9H13BN2O2/c1-2-9(8-12-3-1)10-13-6-4-11-5-7-14-10/h1-3,8,11H,4-7H2. The third-order valence-corrected chi connectivity index (χ3v) is 2.05. The molecule has 1 N–H and O–H groups in total. The van der Waals surface area contributed by atoms with Crippen molar-refractivity contribution in [3.8, 4) is 0 Å². The first kappa shape index (κ1) is 9.64. The first-order chi connectivity index (χ1) is 6.97. The van der Waals surface area contributed by atoms with Gasteiger partial charge in [-0.1, -0.05) is 6.07 Å². The van der Waals surface area contributed by atoms with Gasteiger partial charge in [-0.15, -0.1) is 0 Å². The van der Waals surface area contributed by atoms with Gasteiger partial charge in [-0.05, 0) is 6.07 Å². The van der Waals surface area contributed by atoms with Crippen molar-refractivity contribution in [3.05, 3.63) is 24.5 Å². The van der Waals surface area contributed by atoms with Crippen LogP contribution in [0.3, 0.4) is 0 Å². The Kier molecular flexibility index (Phi) is 3.51. The molecule has 0 radical (unpaired) electrons. The summed E-state index contributed by atoms with van der Waals surface area (Å²) in [6, 6.07) is 3.85. The lowest BCUT2D eigenvalue weighted by Gasteiger charge is -2.18. The van der Waals surface area contributed by atoms with E-state index < -0.39 is 0 Å². The molecule has 1 saturated heterocycles. The molecule has 5 heteroatoms. The van der Waals surface area contributed by atoms with Crippen molar-refractivity contribution >= 4 is 12.6 Å². The number of rotatable bonds is 1. The van der Waals surface area contributed by atoms with Crippen LogP contribution in [0.4, 0.5) is 0 Å². The molecule has 0 aliphatic carbocycles. The van der Waals surface area contributed by atoms with Gasteiger partial charge in [-0.25, -0.2) is 0 Å². The Morgan fingerprint density at radius 3 is 2.71 bits per heavy atom. The van der Waals surface area contributed by atoms with E-state index in [2.05, 4.69) is 10.3 Å². The van der Waals surface area contributed by atoms with Crippen molar-refractivity contribution in [2.45, 2.75) is 0 Å². The summed E-state index contributed by atoms with van der Waals surface area (Å²) in [5.74, 6) is 0. The van der Waals surface area contributed by atoms with Gasteiger partial charge in [0, 0.05) is 44.2 Å². The highest BCUT2D eigenvalue weighted by Gasteiger charge is 2.22. The van der Waals surface area contributed by atoms with Gasteiger partial charge in [0.1, 0.15) is 0 Å². The number of aromatic nitrogens is 1. The van der Waals surface area contributed by atoms with E-state index in [9.17, 15) is 0 Å². The molecule has 1 aromatic heterocycles. The van der Waals surface area contributed by atoms with Gasteiger partial charge in [0.05, 0.1) is 0 Å². The smallest absolute Gasteiger partial charge is 0.406 e. The van der Waals surface area contributed by atoms with Gasteiger partial charge >= 0.3 is 7.12 Å². The molecule has 0 aromatic carbocycles. The third kappa shape index (κ3) is 2.54. The number of hydrogen-bond acceptors (Lipinski definition) is 4. The molecular weight excluding hydrogens is 179 g/mol. The van der Waals surface area contributed by atoms with E-state index in [1.165, 1.54) is 0 Å². The lowest BCUT2D eigenvalue weighted by atomic mass is 9.80. The van der Waals surface area contributed by atoms with Gasteiger partial charge < -0.3 is 14.6 Å². The monoisotopic (exact) mass is 192 g/mol. The summed E-state index contributed by atoms with van der Waals surface area (Å²) in [7, 11) is -0.259. The fraction of sp³-hybridized carbons (Fsp3) is 0.444. The Morgan fingerprint density at radius 2 is 2.07 bits per heavy atom. The van der Waals surface area contributed by atoms with E-state index >= 15 is 0 Å². The molecule has 0 bridgehead atoms. The second-order valence-corrected chi connectivity index (χ2v) is 3.11. The van der Waals surface area contributed by atoms with Crippen molar-refractivity contribution in [1.82, 2.24) is 10.3 Å². The predicted molar refractivity (Wildman–Crippen MR) is 54.4 cm³/mol. The molecule has 1 aliphatic heterocycles. The summed E-state index contributed by atoms with van der Waals surface area (Å²) in [5.41, 5.74) is 0.981. The summed E-state index contributed by atoms with van der Waals surface area (Å²) >= 11 is 0. The zero-order valence-corrected chi connectivity index (χ0v) is 7.98. The molecule has 74 valence electrons. The molecule has 14 heavy (non-hydrogen) atoms. The first-order valence-electron chi connectivity index (χ1n) is 4.80. The first-order valence-corrected chi connectivity index (χ1v) is 4.80. The second-order valence-electron chi connectivity index (χ2n) is 3.11. The Balaban J connectivity index is 2.01. The Labute approximate surface area is 83.8 Å². The lowest BCUT2D eigenvalue weighted by molar-refractivity contribution is 0.187. The Bertz CT molecular complexity index is 263. The van der Waals surface area contributed by atoms with Gasteiger partial charge in [0.15, 0.2) is 0 Å².